The van der Waals surface area contributed by atoms with Gasteiger partial charge in [-0.3, -0.25) is 10.1 Å². The Labute approximate surface area is 140 Å². The maximum absolute atomic E-state index is 4.50. The van der Waals surface area contributed by atoms with Crippen molar-refractivity contribution < 1.29 is 0 Å². The van der Waals surface area contributed by atoms with Crippen molar-refractivity contribution in [1.82, 2.24) is 25.5 Å². The van der Waals surface area contributed by atoms with Gasteiger partial charge in [0.2, 0.25) is 0 Å². The Kier molecular flexibility index (Phi) is 5.39. The summed E-state index contributed by atoms with van der Waals surface area (Å²) in [6.07, 6.45) is 6.42. The SMILES string of the molecule is CSc1cccc(CNCCc2nc(-c3cccnc3)n[nH]2)c1. The van der Waals surface area contributed by atoms with Crippen LogP contribution in [0, 0.1) is 0 Å². The minimum Gasteiger partial charge on any atom is -0.312 e. The first kappa shape index (κ1) is 15.7. The molecule has 0 saturated carbocycles. The highest BCUT2D eigenvalue weighted by atomic mass is 32.2. The van der Waals surface area contributed by atoms with Crippen molar-refractivity contribution in [2.24, 2.45) is 0 Å². The summed E-state index contributed by atoms with van der Waals surface area (Å²) >= 11 is 1.76. The summed E-state index contributed by atoms with van der Waals surface area (Å²) in [4.78, 5) is 9.88. The number of aromatic nitrogens is 4. The van der Waals surface area contributed by atoms with Crippen molar-refractivity contribution in [2.75, 3.05) is 12.8 Å². The van der Waals surface area contributed by atoms with Crippen LogP contribution in [0.2, 0.25) is 0 Å². The third kappa shape index (κ3) is 4.40. The van der Waals surface area contributed by atoms with Crippen LogP contribution in [0.5, 0.6) is 0 Å². The van der Waals surface area contributed by atoms with E-state index in [4.69, 9.17) is 0 Å². The van der Waals surface area contributed by atoms with Crippen molar-refractivity contribution in [3.63, 3.8) is 0 Å². The molecule has 0 amide bonds. The van der Waals surface area contributed by atoms with Gasteiger partial charge in [-0.25, -0.2) is 4.98 Å². The van der Waals surface area contributed by atoms with Crippen LogP contribution in [0.3, 0.4) is 0 Å². The van der Waals surface area contributed by atoms with Gasteiger partial charge < -0.3 is 5.32 Å². The normalized spacial score (nSPS) is 10.8. The Morgan fingerprint density at radius 2 is 2.17 bits per heavy atom. The van der Waals surface area contributed by atoms with E-state index >= 15 is 0 Å². The molecule has 5 nitrogen and oxygen atoms in total. The first-order valence-corrected chi connectivity index (χ1v) is 8.73. The van der Waals surface area contributed by atoms with Crippen molar-refractivity contribution in [3.05, 3.63) is 60.2 Å². The molecule has 2 aromatic heterocycles. The highest BCUT2D eigenvalue weighted by molar-refractivity contribution is 7.98. The molecular weight excluding hydrogens is 306 g/mol. The molecule has 0 aliphatic rings. The topological polar surface area (TPSA) is 66.5 Å². The van der Waals surface area contributed by atoms with E-state index in [9.17, 15) is 0 Å². The average Bonchev–Trinajstić information content (AvgIpc) is 3.09. The number of nitrogens with zero attached hydrogens (tertiary/aromatic N) is 3. The molecule has 0 radical (unpaired) electrons. The first-order valence-electron chi connectivity index (χ1n) is 7.50. The Morgan fingerprint density at radius 1 is 1.22 bits per heavy atom. The molecule has 0 fully saturated rings. The van der Waals surface area contributed by atoms with Gasteiger partial charge >= 0.3 is 0 Å². The second kappa shape index (κ2) is 7.89. The predicted octanol–water partition coefficient (Wildman–Crippen LogP) is 2.92. The van der Waals surface area contributed by atoms with Crippen molar-refractivity contribution >= 4 is 11.8 Å². The van der Waals surface area contributed by atoms with Crippen LogP contribution < -0.4 is 5.32 Å². The molecule has 0 saturated heterocycles. The maximum Gasteiger partial charge on any atom is 0.182 e. The fourth-order valence-corrected chi connectivity index (χ4v) is 2.74. The number of pyridine rings is 1. The molecule has 1 aromatic carbocycles. The first-order chi connectivity index (χ1) is 11.3. The molecule has 6 heteroatoms. The zero-order chi connectivity index (χ0) is 15.9. The molecule has 0 unspecified atom stereocenters. The van der Waals surface area contributed by atoms with Gasteiger partial charge in [0.15, 0.2) is 5.82 Å². The van der Waals surface area contributed by atoms with Gasteiger partial charge in [0.25, 0.3) is 0 Å². The number of hydrogen-bond donors (Lipinski definition) is 2. The number of aromatic amines is 1. The lowest BCUT2D eigenvalue weighted by molar-refractivity contribution is 0.671. The molecule has 0 atom stereocenters. The minimum atomic E-state index is 0.695. The lowest BCUT2D eigenvalue weighted by Crippen LogP contribution is -2.17. The molecule has 2 heterocycles. The average molecular weight is 325 g/mol. The molecule has 3 rings (SSSR count). The Morgan fingerprint density at radius 3 is 3.00 bits per heavy atom. The standard InChI is InChI=1S/C17H19N5S/c1-23-15-6-2-4-13(10-15)11-19-9-7-16-20-17(22-21-16)14-5-3-8-18-12-14/h2-6,8,10,12,19H,7,9,11H2,1H3,(H,20,21,22). The second-order valence-electron chi connectivity index (χ2n) is 5.13. The van der Waals surface area contributed by atoms with Crippen molar-refractivity contribution in [3.8, 4) is 11.4 Å². The van der Waals surface area contributed by atoms with E-state index in [1.807, 2.05) is 12.1 Å². The van der Waals surface area contributed by atoms with Crippen molar-refractivity contribution in [1.29, 1.82) is 0 Å². The molecule has 0 aliphatic carbocycles. The molecule has 0 aliphatic heterocycles. The van der Waals surface area contributed by atoms with E-state index in [2.05, 4.69) is 56.0 Å². The summed E-state index contributed by atoms with van der Waals surface area (Å²) in [5.74, 6) is 1.58. The van der Waals surface area contributed by atoms with E-state index in [-0.39, 0.29) is 0 Å². The van der Waals surface area contributed by atoms with Gasteiger partial charge in [-0.2, -0.15) is 5.10 Å². The number of thioether (sulfide) groups is 1. The summed E-state index contributed by atoms with van der Waals surface area (Å²) in [6, 6.07) is 12.4. The third-order valence-corrected chi connectivity index (χ3v) is 4.18. The molecule has 118 valence electrons. The zero-order valence-corrected chi connectivity index (χ0v) is 13.8. The van der Waals surface area contributed by atoms with Crippen LogP contribution in [0.15, 0.2) is 53.7 Å². The van der Waals surface area contributed by atoms with Crippen LogP contribution in [-0.4, -0.2) is 33.0 Å². The Bertz CT molecular complexity index is 742. The van der Waals surface area contributed by atoms with Gasteiger partial charge in [0.05, 0.1) is 0 Å². The number of rotatable bonds is 7. The fourth-order valence-electron chi connectivity index (χ4n) is 2.25. The summed E-state index contributed by atoms with van der Waals surface area (Å²) in [6.45, 7) is 1.71. The van der Waals surface area contributed by atoms with E-state index in [0.29, 0.717) is 5.82 Å². The highest BCUT2D eigenvalue weighted by Crippen LogP contribution is 2.15. The van der Waals surface area contributed by atoms with Gasteiger partial charge in [-0.05, 0) is 36.1 Å². The van der Waals surface area contributed by atoms with E-state index < -0.39 is 0 Å². The molecule has 0 bridgehead atoms. The third-order valence-electron chi connectivity index (χ3n) is 3.45. The smallest absolute Gasteiger partial charge is 0.182 e. The molecule has 3 aromatic rings. The number of nitrogens with one attached hydrogen (secondary N) is 2. The van der Waals surface area contributed by atoms with Gasteiger partial charge in [0, 0.05) is 42.4 Å². The minimum absolute atomic E-state index is 0.695. The van der Waals surface area contributed by atoms with E-state index in [1.165, 1.54) is 10.5 Å². The number of H-pyrrole nitrogens is 1. The van der Waals surface area contributed by atoms with Crippen LogP contribution in [0.25, 0.3) is 11.4 Å². The lowest BCUT2D eigenvalue weighted by Gasteiger charge is -2.05. The summed E-state index contributed by atoms with van der Waals surface area (Å²) in [7, 11) is 0. The number of benzene rings is 1. The quantitative estimate of drug-likeness (QED) is 0.516. The van der Waals surface area contributed by atoms with E-state index in [0.717, 1.165) is 30.9 Å². The largest absolute Gasteiger partial charge is 0.312 e. The fraction of sp³-hybridized carbons (Fsp3) is 0.235. The summed E-state index contributed by atoms with van der Waals surface area (Å²) < 4.78 is 0. The molecule has 2 N–H and O–H groups in total. The van der Waals surface area contributed by atoms with Gasteiger partial charge in [-0.15, -0.1) is 11.8 Å². The lowest BCUT2D eigenvalue weighted by atomic mass is 10.2. The van der Waals surface area contributed by atoms with Gasteiger partial charge in [-0.1, -0.05) is 12.1 Å². The van der Waals surface area contributed by atoms with Crippen LogP contribution in [-0.2, 0) is 13.0 Å². The maximum atomic E-state index is 4.50. The van der Waals surface area contributed by atoms with Crippen molar-refractivity contribution in [2.45, 2.75) is 17.9 Å². The van der Waals surface area contributed by atoms with E-state index in [1.54, 1.807) is 24.2 Å². The number of hydrogen-bond acceptors (Lipinski definition) is 5. The zero-order valence-electron chi connectivity index (χ0n) is 13.0. The monoisotopic (exact) mass is 325 g/mol. The Balaban J connectivity index is 1.48. The Hall–Kier alpha value is -2.18. The van der Waals surface area contributed by atoms with Gasteiger partial charge in [0.1, 0.15) is 5.82 Å². The molecular formula is C17H19N5S. The predicted molar refractivity (Wildman–Crippen MR) is 93.2 cm³/mol. The van der Waals surface area contributed by atoms with Crippen LogP contribution in [0.1, 0.15) is 11.4 Å². The summed E-state index contributed by atoms with van der Waals surface area (Å²) in [5.41, 5.74) is 2.22. The van der Waals surface area contributed by atoms with Crippen LogP contribution >= 0.6 is 11.8 Å². The highest BCUT2D eigenvalue weighted by Gasteiger charge is 2.05. The summed E-state index contributed by atoms with van der Waals surface area (Å²) in [5, 5.41) is 10.7. The second-order valence-corrected chi connectivity index (χ2v) is 6.01. The molecule has 0 spiro atoms. The van der Waals surface area contributed by atoms with Crippen LogP contribution in [0.4, 0.5) is 0 Å². The molecule has 23 heavy (non-hydrogen) atoms.